The van der Waals surface area contributed by atoms with E-state index in [4.69, 9.17) is 5.11 Å². The first-order valence-electron chi connectivity index (χ1n) is 5.23. The van der Waals surface area contributed by atoms with Crippen molar-refractivity contribution >= 4 is 0 Å². The maximum absolute atomic E-state index is 10.2. The second kappa shape index (κ2) is 3.58. The van der Waals surface area contributed by atoms with Crippen LogP contribution >= 0.6 is 0 Å². The molecule has 2 nitrogen and oxygen atoms in total. The van der Waals surface area contributed by atoms with Crippen LogP contribution in [0.2, 0.25) is 0 Å². The average Bonchev–Trinajstić information content (AvgIpc) is 2.29. The first-order valence-corrected chi connectivity index (χ1v) is 5.23. The van der Waals surface area contributed by atoms with E-state index in [1.54, 1.807) is 0 Å². The lowest BCUT2D eigenvalue weighted by atomic mass is 9.71. The van der Waals surface area contributed by atoms with E-state index in [-0.39, 0.29) is 12.0 Å². The minimum atomic E-state index is -0.686. The Labute approximate surface area is 81.0 Å². The van der Waals surface area contributed by atoms with Crippen molar-refractivity contribution in [3.63, 3.8) is 0 Å². The monoisotopic (exact) mass is 186 g/mol. The van der Waals surface area contributed by atoms with Gasteiger partial charge >= 0.3 is 0 Å². The van der Waals surface area contributed by atoms with E-state index in [1.807, 2.05) is 6.92 Å². The van der Waals surface area contributed by atoms with Gasteiger partial charge in [-0.05, 0) is 37.5 Å². The van der Waals surface area contributed by atoms with Crippen LogP contribution in [0.5, 0.6) is 0 Å². The summed E-state index contributed by atoms with van der Waals surface area (Å²) >= 11 is 0. The van der Waals surface area contributed by atoms with Gasteiger partial charge in [-0.25, -0.2) is 0 Å². The van der Waals surface area contributed by atoms with Gasteiger partial charge in [0.15, 0.2) is 0 Å². The van der Waals surface area contributed by atoms with Crippen LogP contribution in [0.25, 0.3) is 0 Å². The second-order valence-corrected chi connectivity index (χ2v) is 5.26. The summed E-state index contributed by atoms with van der Waals surface area (Å²) in [5.41, 5.74) is -0.451. The van der Waals surface area contributed by atoms with Gasteiger partial charge in [0.1, 0.15) is 0 Å². The Kier molecular flexibility index (Phi) is 3.03. The molecule has 2 N–H and O–H groups in total. The third-order valence-corrected chi connectivity index (χ3v) is 3.63. The predicted octanol–water partition coefficient (Wildman–Crippen LogP) is 1.95. The molecular formula is C11H22O2. The molecule has 0 bridgehead atoms. The standard InChI is InChI=1S/C11H22O2/c1-10(2)6-4-5-9(10)11(3,13)7-8-12/h9,12-13H,4-8H2,1-3H3/t9-,11-/m0/s1. The molecule has 0 aromatic heterocycles. The molecule has 1 aliphatic carbocycles. The van der Waals surface area contributed by atoms with Gasteiger partial charge in [0.2, 0.25) is 0 Å². The maximum Gasteiger partial charge on any atom is 0.0674 e. The SMILES string of the molecule is CC1(C)CCC[C@@H]1[C@@](C)(O)CCO. The highest BCUT2D eigenvalue weighted by atomic mass is 16.3. The fourth-order valence-corrected chi connectivity index (χ4v) is 2.88. The molecule has 1 fully saturated rings. The van der Waals surface area contributed by atoms with Crippen molar-refractivity contribution in [2.24, 2.45) is 11.3 Å². The van der Waals surface area contributed by atoms with Crippen molar-refractivity contribution in [1.29, 1.82) is 0 Å². The lowest BCUT2D eigenvalue weighted by Crippen LogP contribution is -2.41. The highest BCUT2D eigenvalue weighted by Gasteiger charge is 2.44. The smallest absolute Gasteiger partial charge is 0.0674 e. The Morgan fingerprint density at radius 1 is 1.46 bits per heavy atom. The molecule has 0 amide bonds. The Morgan fingerprint density at radius 2 is 2.08 bits per heavy atom. The van der Waals surface area contributed by atoms with Gasteiger partial charge in [0.25, 0.3) is 0 Å². The van der Waals surface area contributed by atoms with Crippen LogP contribution in [0.1, 0.15) is 46.5 Å². The summed E-state index contributed by atoms with van der Waals surface area (Å²) in [7, 11) is 0. The molecule has 1 saturated carbocycles. The first kappa shape index (κ1) is 11.0. The average molecular weight is 186 g/mol. The van der Waals surface area contributed by atoms with Crippen molar-refractivity contribution in [3.8, 4) is 0 Å². The predicted molar refractivity (Wildman–Crippen MR) is 53.4 cm³/mol. The molecule has 0 aliphatic heterocycles. The van der Waals surface area contributed by atoms with E-state index in [0.29, 0.717) is 12.3 Å². The molecule has 2 heteroatoms. The van der Waals surface area contributed by atoms with Crippen LogP contribution in [0.15, 0.2) is 0 Å². The summed E-state index contributed by atoms with van der Waals surface area (Å²) in [5, 5.41) is 19.1. The quantitative estimate of drug-likeness (QED) is 0.707. The van der Waals surface area contributed by atoms with E-state index in [9.17, 15) is 5.11 Å². The summed E-state index contributed by atoms with van der Waals surface area (Å²) in [5.74, 6) is 0.340. The van der Waals surface area contributed by atoms with Crippen molar-refractivity contribution in [1.82, 2.24) is 0 Å². The van der Waals surface area contributed by atoms with Gasteiger partial charge < -0.3 is 10.2 Å². The Balaban J connectivity index is 2.69. The lowest BCUT2D eigenvalue weighted by Gasteiger charge is -2.38. The van der Waals surface area contributed by atoms with Crippen molar-refractivity contribution in [2.75, 3.05) is 6.61 Å². The van der Waals surface area contributed by atoms with Crippen LogP contribution in [0.4, 0.5) is 0 Å². The number of hydrogen-bond donors (Lipinski definition) is 2. The molecular weight excluding hydrogens is 164 g/mol. The molecule has 0 saturated heterocycles. The minimum absolute atomic E-state index is 0.0829. The van der Waals surface area contributed by atoms with Gasteiger partial charge in [0.05, 0.1) is 5.60 Å². The number of aliphatic hydroxyl groups excluding tert-OH is 1. The van der Waals surface area contributed by atoms with E-state index in [0.717, 1.165) is 6.42 Å². The van der Waals surface area contributed by atoms with E-state index in [1.165, 1.54) is 12.8 Å². The van der Waals surface area contributed by atoms with Crippen molar-refractivity contribution < 1.29 is 10.2 Å². The fourth-order valence-electron chi connectivity index (χ4n) is 2.88. The molecule has 0 spiro atoms. The van der Waals surface area contributed by atoms with Crippen molar-refractivity contribution in [2.45, 2.75) is 52.1 Å². The van der Waals surface area contributed by atoms with E-state index < -0.39 is 5.60 Å². The number of aliphatic hydroxyl groups is 2. The van der Waals surface area contributed by atoms with Gasteiger partial charge in [-0.3, -0.25) is 0 Å². The van der Waals surface area contributed by atoms with Crippen LogP contribution in [-0.4, -0.2) is 22.4 Å². The van der Waals surface area contributed by atoms with Gasteiger partial charge in [0, 0.05) is 6.61 Å². The van der Waals surface area contributed by atoms with Crippen molar-refractivity contribution in [3.05, 3.63) is 0 Å². The molecule has 1 rings (SSSR count). The Morgan fingerprint density at radius 3 is 2.46 bits per heavy atom. The highest BCUT2D eigenvalue weighted by Crippen LogP contribution is 2.48. The molecule has 13 heavy (non-hydrogen) atoms. The minimum Gasteiger partial charge on any atom is -0.396 e. The van der Waals surface area contributed by atoms with E-state index >= 15 is 0 Å². The highest BCUT2D eigenvalue weighted by molar-refractivity contribution is 4.95. The third kappa shape index (κ3) is 2.23. The maximum atomic E-state index is 10.2. The topological polar surface area (TPSA) is 40.5 Å². The fraction of sp³-hybridized carbons (Fsp3) is 1.00. The summed E-state index contributed by atoms with van der Waals surface area (Å²) in [6.07, 6.45) is 4.00. The van der Waals surface area contributed by atoms with E-state index in [2.05, 4.69) is 13.8 Å². The molecule has 0 aromatic rings. The van der Waals surface area contributed by atoms with Crippen LogP contribution in [0, 0.1) is 11.3 Å². The largest absolute Gasteiger partial charge is 0.396 e. The second-order valence-electron chi connectivity index (χ2n) is 5.26. The van der Waals surface area contributed by atoms with Gasteiger partial charge in [-0.2, -0.15) is 0 Å². The molecule has 1 aliphatic rings. The lowest BCUT2D eigenvalue weighted by molar-refractivity contribution is -0.0544. The summed E-state index contributed by atoms with van der Waals surface area (Å²) in [4.78, 5) is 0. The molecule has 0 unspecified atom stereocenters. The zero-order valence-corrected chi connectivity index (χ0v) is 9.01. The molecule has 0 heterocycles. The Bertz CT molecular complexity index is 173. The third-order valence-electron chi connectivity index (χ3n) is 3.63. The zero-order chi connectivity index (χ0) is 10.1. The molecule has 0 radical (unpaired) electrons. The Hall–Kier alpha value is -0.0800. The molecule has 0 aromatic carbocycles. The van der Waals surface area contributed by atoms with Crippen LogP contribution < -0.4 is 0 Å². The van der Waals surface area contributed by atoms with Crippen LogP contribution in [-0.2, 0) is 0 Å². The molecule has 2 atom stereocenters. The number of rotatable bonds is 3. The molecule has 78 valence electrons. The summed E-state index contributed by atoms with van der Waals surface area (Å²) in [6, 6.07) is 0. The van der Waals surface area contributed by atoms with Gasteiger partial charge in [-0.1, -0.05) is 20.3 Å². The first-order chi connectivity index (χ1) is 5.90. The zero-order valence-electron chi connectivity index (χ0n) is 9.01. The summed E-state index contributed by atoms with van der Waals surface area (Å²) in [6.45, 7) is 6.38. The van der Waals surface area contributed by atoms with Crippen LogP contribution in [0.3, 0.4) is 0 Å². The van der Waals surface area contributed by atoms with Gasteiger partial charge in [-0.15, -0.1) is 0 Å². The number of hydrogen-bond acceptors (Lipinski definition) is 2. The normalized spacial score (nSPS) is 31.6. The summed E-state index contributed by atoms with van der Waals surface area (Å²) < 4.78 is 0.